The Kier molecular flexibility index (Phi) is 7.39. The van der Waals surface area contributed by atoms with Crippen LogP contribution < -0.4 is 4.72 Å². The smallest absolute Gasteiger partial charge is 0.335 e. The highest BCUT2D eigenvalue weighted by molar-refractivity contribution is 7.92. The molecule has 3 aromatic rings. The lowest BCUT2D eigenvalue weighted by atomic mass is 9.92. The Labute approximate surface area is 198 Å². The van der Waals surface area contributed by atoms with E-state index >= 15 is 0 Å². The van der Waals surface area contributed by atoms with Crippen molar-refractivity contribution in [3.05, 3.63) is 69.9 Å². The average Bonchev–Trinajstić information content (AvgIpc) is 2.75. The summed E-state index contributed by atoms with van der Waals surface area (Å²) in [6.07, 6.45) is 1.84. The van der Waals surface area contributed by atoms with E-state index in [4.69, 9.17) is 16.7 Å². The Hall–Kier alpha value is -2.97. The zero-order chi connectivity index (χ0) is 24.3. The number of carboxylic acids is 1. The fourth-order valence-corrected chi connectivity index (χ4v) is 4.63. The highest BCUT2D eigenvalue weighted by Gasteiger charge is 2.21. The predicted molar refractivity (Wildman–Crippen MR) is 129 cm³/mol. The van der Waals surface area contributed by atoms with E-state index in [1.807, 2.05) is 25.1 Å². The van der Waals surface area contributed by atoms with Crippen LogP contribution in [-0.4, -0.2) is 29.5 Å². The van der Waals surface area contributed by atoms with Crippen LogP contribution in [0.3, 0.4) is 0 Å². The summed E-state index contributed by atoms with van der Waals surface area (Å²) < 4.78 is 28.1. The molecule has 0 saturated heterocycles. The van der Waals surface area contributed by atoms with E-state index in [0.717, 1.165) is 35.6 Å². The van der Waals surface area contributed by atoms with Crippen molar-refractivity contribution in [2.75, 3.05) is 4.72 Å². The van der Waals surface area contributed by atoms with Crippen molar-refractivity contribution < 1.29 is 18.3 Å². The van der Waals surface area contributed by atoms with Crippen LogP contribution in [0.1, 0.15) is 47.3 Å². The van der Waals surface area contributed by atoms with Crippen LogP contribution in [0.25, 0.3) is 11.3 Å². The van der Waals surface area contributed by atoms with Crippen molar-refractivity contribution in [2.24, 2.45) is 5.92 Å². The molecule has 0 fully saturated rings. The van der Waals surface area contributed by atoms with E-state index in [1.165, 1.54) is 18.2 Å². The van der Waals surface area contributed by atoms with Gasteiger partial charge in [0.1, 0.15) is 5.15 Å². The predicted octanol–water partition coefficient (Wildman–Crippen LogP) is 5.50. The molecule has 1 aromatic heterocycles. The normalized spacial score (nSPS) is 11.6. The lowest BCUT2D eigenvalue weighted by Crippen LogP contribution is -2.16. The first-order chi connectivity index (χ1) is 15.5. The molecule has 0 spiro atoms. The van der Waals surface area contributed by atoms with Gasteiger partial charge in [-0.1, -0.05) is 49.7 Å². The molecule has 0 unspecified atom stereocenters. The zero-order valence-corrected chi connectivity index (χ0v) is 20.5. The van der Waals surface area contributed by atoms with Crippen molar-refractivity contribution in [2.45, 2.75) is 45.4 Å². The van der Waals surface area contributed by atoms with E-state index in [1.54, 1.807) is 6.92 Å². The van der Waals surface area contributed by atoms with E-state index in [-0.39, 0.29) is 21.6 Å². The molecule has 2 aromatic carbocycles. The van der Waals surface area contributed by atoms with Gasteiger partial charge in [-0.15, -0.1) is 0 Å². The van der Waals surface area contributed by atoms with Crippen molar-refractivity contribution in [1.29, 1.82) is 0 Å². The van der Waals surface area contributed by atoms with Gasteiger partial charge in [0, 0.05) is 11.1 Å². The van der Waals surface area contributed by atoms with Gasteiger partial charge in [-0.05, 0) is 61.9 Å². The zero-order valence-electron chi connectivity index (χ0n) is 18.9. The Balaban J connectivity index is 2.07. The van der Waals surface area contributed by atoms with Gasteiger partial charge in [0.2, 0.25) is 5.95 Å². The molecular formula is C24H26ClN3O4S. The molecule has 9 heteroatoms. The minimum atomic E-state index is -4.14. The number of halogens is 1. The first kappa shape index (κ1) is 24.7. The molecular weight excluding hydrogens is 462 g/mol. The van der Waals surface area contributed by atoms with Gasteiger partial charge in [-0.2, -0.15) is 4.98 Å². The second-order valence-electron chi connectivity index (χ2n) is 8.29. The summed E-state index contributed by atoms with van der Waals surface area (Å²) in [5, 5.41) is 9.30. The van der Waals surface area contributed by atoms with Crippen LogP contribution in [-0.2, 0) is 16.4 Å². The minimum Gasteiger partial charge on any atom is -0.478 e. The molecule has 3 rings (SSSR count). The SMILES string of the molecule is Cc1cccc(CCC(C)C)c1-c1nc(NS(=O)(=O)c2cccc(C(=O)O)c2)nc(Cl)c1C. The number of carboxylic acid groups (broad SMARTS) is 1. The van der Waals surface area contributed by atoms with Gasteiger partial charge >= 0.3 is 5.97 Å². The summed E-state index contributed by atoms with van der Waals surface area (Å²) in [4.78, 5) is 19.6. The quantitative estimate of drug-likeness (QED) is 0.406. The van der Waals surface area contributed by atoms with E-state index in [0.29, 0.717) is 17.2 Å². The summed E-state index contributed by atoms with van der Waals surface area (Å²) in [5.74, 6) is -0.880. The standard InChI is InChI=1S/C24H26ClN3O4S/c1-14(2)11-12-17-8-5-7-15(3)20(17)21-16(4)22(25)27-24(26-21)28-33(31,32)19-10-6-9-18(13-19)23(29)30/h5-10,13-14H,11-12H2,1-4H3,(H,29,30)(H,26,27,28). The van der Waals surface area contributed by atoms with Gasteiger partial charge in [0.15, 0.2) is 0 Å². The number of hydrogen-bond acceptors (Lipinski definition) is 5. The van der Waals surface area contributed by atoms with Gasteiger partial charge in [0.05, 0.1) is 16.2 Å². The molecule has 33 heavy (non-hydrogen) atoms. The summed E-state index contributed by atoms with van der Waals surface area (Å²) in [5.41, 5.74) is 4.07. The third-order valence-electron chi connectivity index (χ3n) is 5.29. The summed E-state index contributed by atoms with van der Waals surface area (Å²) in [6, 6.07) is 11.1. The number of carbonyl (C=O) groups is 1. The average molecular weight is 488 g/mol. The molecule has 0 aliphatic heterocycles. The third-order valence-corrected chi connectivity index (χ3v) is 6.98. The molecule has 0 radical (unpaired) electrons. The number of anilines is 1. The molecule has 0 aliphatic carbocycles. The van der Waals surface area contributed by atoms with E-state index in [2.05, 4.69) is 28.5 Å². The van der Waals surface area contributed by atoms with Crippen molar-refractivity contribution in [3.8, 4) is 11.3 Å². The Bertz CT molecular complexity index is 1310. The molecule has 0 saturated carbocycles. The molecule has 7 nitrogen and oxygen atoms in total. The van der Waals surface area contributed by atoms with Crippen LogP contribution >= 0.6 is 11.6 Å². The van der Waals surface area contributed by atoms with Gasteiger partial charge < -0.3 is 5.11 Å². The maximum Gasteiger partial charge on any atom is 0.335 e. The fourth-order valence-electron chi connectivity index (χ4n) is 3.47. The largest absolute Gasteiger partial charge is 0.478 e. The van der Waals surface area contributed by atoms with Gasteiger partial charge in [0.25, 0.3) is 10.0 Å². The number of benzene rings is 2. The van der Waals surface area contributed by atoms with Crippen LogP contribution in [0.5, 0.6) is 0 Å². The first-order valence-corrected chi connectivity index (χ1v) is 12.3. The fraction of sp³-hybridized carbons (Fsp3) is 0.292. The van der Waals surface area contributed by atoms with Crippen molar-refractivity contribution >= 4 is 33.5 Å². The molecule has 0 amide bonds. The second-order valence-corrected chi connectivity index (χ2v) is 10.3. The lowest BCUT2D eigenvalue weighted by molar-refractivity contribution is 0.0696. The number of aromatic nitrogens is 2. The number of hydrogen-bond donors (Lipinski definition) is 2. The number of rotatable bonds is 8. The third kappa shape index (κ3) is 5.69. The number of aromatic carboxylic acids is 1. The van der Waals surface area contributed by atoms with Crippen LogP contribution in [0.15, 0.2) is 47.4 Å². The van der Waals surface area contributed by atoms with Gasteiger partial charge in [-0.25, -0.2) is 22.9 Å². The van der Waals surface area contributed by atoms with E-state index in [9.17, 15) is 13.2 Å². The topological polar surface area (TPSA) is 109 Å². The second kappa shape index (κ2) is 9.89. The number of sulfonamides is 1. The van der Waals surface area contributed by atoms with Crippen LogP contribution in [0.4, 0.5) is 5.95 Å². The highest BCUT2D eigenvalue weighted by Crippen LogP contribution is 2.33. The number of nitrogens with zero attached hydrogens (tertiary/aromatic N) is 2. The molecule has 1 heterocycles. The molecule has 174 valence electrons. The highest BCUT2D eigenvalue weighted by atomic mass is 35.5. The maximum absolute atomic E-state index is 12.9. The molecule has 0 atom stereocenters. The van der Waals surface area contributed by atoms with E-state index < -0.39 is 16.0 Å². The maximum atomic E-state index is 12.9. The summed E-state index contributed by atoms with van der Waals surface area (Å²) >= 11 is 6.38. The van der Waals surface area contributed by atoms with Crippen LogP contribution in [0, 0.1) is 19.8 Å². The van der Waals surface area contributed by atoms with Crippen molar-refractivity contribution in [3.63, 3.8) is 0 Å². The number of aryl methyl sites for hydroxylation is 2. The summed E-state index contributed by atoms with van der Waals surface area (Å²) in [6.45, 7) is 8.10. The Morgan fingerprint density at radius 2 is 1.82 bits per heavy atom. The number of nitrogens with one attached hydrogen (secondary N) is 1. The summed E-state index contributed by atoms with van der Waals surface area (Å²) in [7, 11) is -4.14. The Morgan fingerprint density at radius 1 is 1.12 bits per heavy atom. The van der Waals surface area contributed by atoms with Crippen molar-refractivity contribution in [1.82, 2.24) is 9.97 Å². The molecule has 0 aliphatic rings. The van der Waals surface area contributed by atoms with Crippen LogP contribution in [0.2, 0.25) is 5.15 Å². The molecule has 0 bridgehead atoms. The first-order valence-electron chi connectivity index (χ1n) is 10.5. The minimum absolute atomic E-state index is 0.134. The Morgan fingerprint density at radius 3 is 2.48 bits per heavy atom. The monoisotopic (exact) mass is 487 g/mol. The lowest BCUT2D eigenvalue weighted by Gasteiger charge is -2.17. The van der Waals surface area contributed by atoms with Gasteiger partial charge in [-0.3, -0.25) is 0 Å². The molecule has 2 N–H and O–H groups in total.